The molecule has 0 aliphatic carbocycles. The Hall–Kier alpha value is -2.76. The molecular weight excluding hydrogens is 468 g/mol. The Morgan fingerprint density at radius 1 is 1.15 bits per heavy atom. The minimum atomic E-state index is -3.69. The average Bonchev–Trinajstić information content (AvgIpc) is 3.03. The maximum Gasteiger partial charge on any atom is 0.341 e. The molecule has 11 heteroatoms. The average molecular weight is 495 g/mol. The van der Waals surface area contributed by atoms with Gasteiger partial charge in [0.2, 0.25) is 10.0 Å². The van der Waals surface area contributed by atoms with Gasteiger partial charge < -0.3 is 14.8 Å². The summed E-state index contributed by atoms with van der Waals surface area (Å²) < 4.78 is 35.9. The fraction of sp³-hybridized carbons (Fsp3) is 0.409. The lowest BCUT2D eigenvalue weighted by Gasteiger charge is -2.33. The number of carbonyl (C=O) groups is 3. The van der Waals surface area contributed by atoms with E-state index >= 15 is 0 Å². The van der Waals surface area contributed by atoms with Crippen LogP contribution in [0.25, 0.3) is 0 Å². The molecule has 9 nitrogen and oxygen atoms in total. The van der Waals surface area contributed by atoms with Crippen molar-refractivity contribution >= 4 is 44.2 Å². The predicted octanol–water partition coefficient (Wildman–Crippen LogP) is 2.41. The van der Waals surface area contributed by atoms with E-state index in [0.29, 0.717) is 10.6 Å². The van der Waals surface area contributed by atoms with Gasteiger partial charge in [-0.25, -0.2) is 13.2 Å². The highest BCUT2D eigenvalue weighted by Crippen LogP contribution is 2.33. The van der Waals surface area contributed by atoms with Crippen LogP contribution in [0.3, 0.4) is 0 Å². The number of amides is 1. The van der Waals surface area contributed by atoms with Crippen LogP contribution in [0.15, 0.2) is 24.3 Å². The SMILES string of the molecule is CCOC(=O)c1c(NC(=O)COC(=O)[C@H]2Cc3ccccc3CN2S(C)(=O)=O)sc(C)c1C. The molecule has 0 saturated heterocycles. The number of nitrogens with one attached hydrogen (secondary N) is 1. The zero-order valence-corrected chi connectivity index (χ0v) is 20.5. The van der Waals surface area contributed by atoms with E-state index in [1.807, 2.05) is 25.1 Å². The monoisotopic (exact) mass is 494 g/mol. The highest BCUT2D eigenvalue weighted by Gasteiger charge is 2.38. The van der Waals surface area contributed by atoms with Crippen molar-refractivity contribution in [3.8, 4) is 0 Å². The van der Waals surface area contributed by atoms with E-state index in [0.717, 1.165) is 26.6 Å². The van der Waals surface area contributed by atoms with Gasteiger partial charge in [0.25, 0.3) is 5.91 Å². The van der Waals surface area contributed by atoms with Crippen LogP contribution in [-0.2, 0) is 42.1 Å². The largest absolute Gasteiger partial charge is 0.462 e. The second-order valence-electron chi connectivity index (χ2n) is 7.66. The summed E-state index contributed by atoms with van der Waals surface area (Å²) in [4.78, 5) is 38.3. The van der Waals surface area contributed by atoms with E-state index in [4.69, 9.17) is 9.47 Å². The summed E-state index contributed by atoms with van der Waals surface area (Å²) in [5, 5.41) is 2.91. The number of hydrogen-bond donors (Lipinski definition) is 1. The minimum absolute atomic E-state index is 0.0532. The van der Waals surface area contributed by atoms with E-state index in [2.05, 4.69) is 5.32 Å². The molecule has 1 N–H and O–H groups in total. The molecule has 3 rings (SSSR count). The molecule has 1 aromatic carbocycles. The van der Waals surface area contributed by atoms with Crippen LogP contribution in [0.1, 0.15) is 38.8 Å². The fourth-order valence-corrected chi connectivity index (χ4v) is 5.67. The number of thiophene rings is 1. The van der Waals surface area contributed by atoms with E-state index in [-0.39, 0.29) is 25.1 Å². The molecule has 1 aliphatic rings. The predicted molar refractivity (Wildman–Crippen MR) is 124 cm³/mol. The lowest BCUT2D eigenvalue weighted by Crippen LogP contribution is -2.49. The van der Waals surface area contributed by atoms with Gasteiger partial charge in [0, 0.05) is 17.8 Å². The van der Waals surface area contributed by atoms with Gasteiger partial charge in [0.1, 0.15) is 11.0 Å². The van der Waals surface area contributed by atoms with Gasteiger partial charge in [0.15, 0.2) is 6.61 Å². The van der Waals surface area contributed by atoms with Crippen molar-refractivity contribution in [2.45, 2.75) is 39.8 Å². The first-order valence-electron chi connectivity index (χ1n) is 10.3. The minimum Gasteiger partial charge on any atom is -0.462 e. The van der Waals surface area contributed by atoms with Crippen LogP contribution in [-0.4, -0.2) is 56.1 Å². The van der Waals surface area contributed by atoms with Gasteiger partial charge in [0.05, 0.1) is 18.4 Å². The second-order valence-corrected chi connectivity index (χ2v) is 10.8. The number of rotatable bonds is 7. The number of benzene rings is 1. The van der Waals surface area contributed by atoms with Crippen LogP contribution >= 0.6 is 11.3 Å². The Morgan fingerprint density at radius 2 is 1.82 bits per heavy atom. The number of ether oxygens (including phenoxy) is 2. The number of hydrogen-bond acceptors (Lipinski definition) is 8. The second kappa shape index (κ2) is 10.0. The summed E-state index contributed by atoms with van der Waals surface area (Å²) in [5.41, 5.74) is 2.65. The molecule has 0 bridgehead atoms. The summed E-state index contributed by atoms with van der Waals surface area (Å²) in [6.45, 7) is 4.89. The Kier molecular flexibility index (Phi) is 7.55. The molecule has 1 aliphatic heterocycles. The maximum absolute atomic E-state index is 12.8. The van der Waals surface area contributed by atoms with Crippen molar-refractivity contribution in [1.82, 2.24) is 4.31 Å². The molecule has 0 fully saturated rings. The molecule has 0 unspecified atom stereocenters. The lowest BCUT2D eigenvalue weighted by atomic mass is 9.96. The van der Waals surface area contributed by atoms with E-state index in [9.17, 15) is 22.8 Å². The number of nitrogens with zero attached hydrogens (tertiary/aromatic N) is 1. The van der Waals surface area contributed by atoms with Crippen LogP contribution in [0.4, 0.5) is 5.00 Å². The summed E-state index contributed by atoms with van der Waals surface area (Å²) >= 11 is 1.22. The van der Waals surface area contributed by atoms with Gasteiger partial charge in [-0.15, -0.1) is 11.3 Å². The summed E-state index contributed by atoms with van der Waals surface area (Å²) in [6, 6.07) is 6.20. The Morgan fingerprint density at radius 3 is 2.45 bits per heavy atom. The number of aryl methyl sites for hydroxylation is 1. The van der Waals surface area contributed by atoms with E-state index < -0.39 is 40.5 Å². The number of sulfonamides is 1. The molecule has 1 aromatic heterocycles. The highest BCUT2D eigenvalue weighted by atomic mass is 32.2. The van der Waals surface area contributed by atoms with Gasteiger partial charge in [-0.1, -0.05) is 24.3 Å². The third-order valence-electron chi connectivity index (χ3n) is 5.37. The number of anilines is 1. The first kappa shape index (κ1) is 24.9. The standard InChI is InChI=1S/C22H26N2O7S2/c1-5-30-22(27)19-13(2)14(3)32-20(19)23-18(25)12-31-21(26)17-10-15-8-6-7-9-16(15)11-24(17)33(4,28)29/h6-9,17H,5,10-12H2,1-4H3,(H,23,25)/t17-/m1/s1. The molecular formula is C22H26N2O7S2. The number of esters is 2. The van der Waals surface area contributed by atoms with Crippen LogP contribution in [0, 0.1) is 13.8 Å². The van der Waals surface area contributed by atoms with Crippen molar-refractivity contribution in [1.29, 1.82) is 0 Å². The molecule has 0 spiro atoms. The Labute approximate surface area is 196 Å². The molecule has 33 heavy (non-hydrogen) atoms. The van der Waals surface area contributed by atoms with Crippen molar-refractivity contribution in [2.75, 3.05) is 24.8 Å². The molecule has 0 saturated carbocycles. The van der Waals surface area contributed by atoms with Crippen LogP contribution in [0.5, 0.6) is 0 Å². The Bertz CT molecular complexity index is 1190. The summed E-state index contributed by atoms with van der Waals surface area (Å²) in [6.07, 6.45) is 1.19. The van der Waals surface area contributed by atoms with E-state index in [1.54, 1.807) is 19.9 Å². The quantitative estimate of drug-likeness (QED) is 0.587. The number of fused-ring (bicyclic) bond motifs is 1. The van der Waals surface area contributed by atoms with Crippen LogP contribution in [0.2, 0.25) is 0 Å². The zero-order chi connectivity index (χ0) is 24.3. The molecule has 1 amide bonds. The summed E-state index contributed by atoms with van der Waals surface area (Å²) in [7, 11) is -3.69. The normalized spacial score (nSPS) is 16.1. The van der Waals surface area contributed by atoms with Gasteiger partial charge in [-0.2, -0.15) is 4.31 Å². The molecule has 1 atom stereocenters. The third-order valence-corrected chi connectivity index (χ3v) is 7.73. The third kappa shape index (κ3) is 5.60. The van der Waals surface area contributed by atoms with Gasteiger partial charge in [-0.05, 0) is 37.5 Å². The van der Waals surface area contributed by atoms with Crippen molar-refractivity contribution < 1.29 is 32.3 Å². The number of carbonyl (C=O) groups excluding carboxylic acids is 3. The van der Waals surface area contributed by atoms with Crippen molar-refractivity contribution in [3.05, 3.63) is 51.4 Å². The summed E-state index contributed by atoms with van der Waals surface area (Å²) in [5.74, 6) is -2.00. The van der Waals surface area contributed by atoms with Gasteiger partial charge >= 0.3 is 11.9 Å². The van der Waals surface area contributed by atoms with Crippen LogP contribution < -0.4 is 5.32 Å². The van der Waals surface area contributed by atoms with Crippen molar-refractivity contribution in [2.24, 2.45) is 0 Å². The molecule has 2 heterocycles. The van der Waals surface area contributed by atoms with E-state index in [1.165, 1.54) is 11.3 Å². The fourth-order valence-electron chi connectivity index (χ4n) is 3.61. The molecule has 178 valence electrons. The smallest absolute Gasteiger partial charge is 0.341 e. The first-order valence-corrected chi connectivity index (χ1v) is 13.0. The maximum atomic E-state index is 12.8. The lowest BCUT2D eigenvalue weighted by molar-refractivity contribution is -0.151. The van der Waals surface area contributed by atoms with Crippen molar-refractivity contribution in [3.63, 3.8) is 0 Å². The topological polar surface area (TPSA) is 119 Å². The Balaban J connectivity index is 1.70. The van der Waals surface area contributed by atoms with Gasteiger partial charge in [-0.3, -0.25) is 9.59 Å². The highest BCUT2D eigenvalue weighted by molar-refractivity contribution is 7.88. The molecule has 2 aromatic rings. The first-order chi connectivity index (χ1) is 15.5. The molecule has 0 radical (unpaired) electrons. The zero-order valence-electron chi connectivity index (χ0n) is 18.8.